The molecule has 1 aliphatic rings. The Labute approximate surface area is 96.6 Å². The van der Waals surface area contributed by atoms with Crippen molar-refractivity contribution >= 4 is 22.9 Å². The second-order valence-corrected chi connectivity index (χ2v) is 4.46. The minimum Gasteiger partial charge on any atom is -0.361 e. The van der Waals surface area contributed by atoms with Crippen LogP contribution in [-0.2, 0) is 10.2 Å². The van der Waals surface area contributed by atoms with Crippen LogP contribution in [0.2, 0.25) is 0 Å². The predicted molar refractivity (Wildman–Crippen MR) is 61.9 cm³/mol. The first-order chi connectivity index (χ1) is 8.16. The van der Waals surface area contributed by atoms with Crippen molar-refractivity contribution in [2.75, 3.05) is 0 Å². The molecule has 1 aromatic carbocycles. The summed E-state index contributed by atoms with van der Waals surface area (Å²) in [6.45, 7) is 0. The van der Waals surface area contributed by atoms with Crippen molar-refractivity contribution in [3.63, 3.8) is 0 Å². The maximum absolute atomic E-state index is 11.1. The number of H-pyrrole nitrogens is 1. The fraction of sp³-hybridized carbons (Fsp3) is 0.250. The number of aldehydes is 1. The Morgan fingerprint density at radius 1 is 1.41 bits per heavy atom. The number of hydrogen-bond acceptors (Lipinski definition) is 3. The quantitative estimate of drug-likeness (QED) is 0.499. The number of non-ortho nitro benzene ring substituents is 1. The van der Waals surface area contributed by atoms with Gasteiger partial charge in [0.1, 0.15) is 6.29 Å². The number of hydrogen-bond donors (Lipinski definition) is 1. The fourth-order valence-electron chi connectivity index (χ4n) is 2.22. The van der Waals surface area contributed by atoms with Crippen LogP contribution in [0.25, 0.3) is 10.9 Å². The topological polar surface area (TPSA) is 76.0 Å². The Morgan fingerprint density at radius 2 is 2.18 bits per heavy atom. The van der Waals surface area contributed by atoms with Crippen molar-refractivity contribution in [3.05, 3.63) is 40.1 Å². The molecule has 0 radical (unpaired) electrons. The van der Waals surface area contributed by atoms with Crippen molar-refractivity contribution in [1.29, 1.82) is 0 Å². The minimum absolute atomic E-state index is 0.0556. The van der Waals surface area contributed by atoms with Crippen LogP contribution >= 0.6 is 0 Å². The molecule has 5 nitrogen and oxygen atoms in total. The molecule has 0 atom stereocenters. The maximum atomic E-state index is 11.1. The van der Waals surface area contributed by atoms with Gasteiger partial charge >= 0.3 is 0 Å². The number of fused-ring (bicyclic) bond motifs is 1. The third kappa shape index (κ3) is 1.35. The van der Waals surface area contributed by atoms with E-state index in [1.54, 1.807) is 12.3 Å². The second-order valence-electron chi connectivity index (χ2n) is 4.46. The number of nitrogens with one attached hydrogen (secondary N) is 1. The van der Waals surface area contributed by atoms with E-state index >= 15 is 0 Å². The van der Waals surface area contributed by atoms with Gasteiger partial charge in [0.2, 0.25) is 0 Å². The van der Waals surface area contributed by atoms with E-state index in [4.69, 9.17) is 0 Å². The van der Waals surface area contributed by atoms with Crippen molar-refractivity contribution in [1.82, 2.24) is 4.98 Å². The van der Waals surface area contributed by atoms with Crippen LogP contribution in [0, 0.1) is 10.1 Å². The third-order valence-electron chi connectivity index (χ3n) is 3.43. The Morgan fingerprint density at radius 3 is 2.76 bits per heavy atom. The first kappa shape index (κ1) is 10.0. The van der Waals surface area contributed by atoms with E-state index in [0.717, 1.165) is 35.6 Å². The average Bonchev–Trinajstić information content (AvgIpc) is 3.01. The van der Waals surface area contributed by atoms with Crippen molar-refractivity contribution < 1.29 is 9.72 Å². The third-order valence-corrected chi connectivity index (χ3v) is 3.43. The van der Waals surface area contributed by atoms with Gasteiger partial charge in [-0.05, 0) is 24.5 Å². The summed E-state index contributed by atoms with van der Waals surface area (Å²) in [6, 6.07) is 4.67. The van der Waals surface area contributed by atoms with Crippen LogP contribution in [0.5, 0.6) is 0 Å². The summed E-state index contributed by atoms with van der Waals surface area (Å²) in [6.07, 6.45) is 4.39. The standard InChI is InChI=1S/C12H10N2O3/c15-7-12(3-4-12)10-6-13-11-2-1-8(14(16)17)5-9(10)11/h1-2,5-7,13H,3-4H2. The molecular weight excluding hydrogens is 220 g/mol. The van der Waals surface area contributed by atoms with Gasteiger partial charge in [-0.1, -0.05) is 0 Å². The van der Waals surface area contributed by atoms with Gasteiger partial charge < -0.3 is 9.78 Å². The molecule has 0 amide bonds. The van der Waals surface area contributed by atoms with Crippen LogP contribution in [0.3, 0.4) is 0 Å². The van der Waals surface area contributed by atoms with E-state index in [9.17, 15) is 14.9 Å². The van der Waals surface area contributed by atoms with E-state index in [1.165, 1.54) is 12.1 Å². The average molecular weight is 230 g/mol. The molecule has 0 bridgehead atoms. The zero-order valence-electron chi connectivity index (χ0n) is 8.97. The monoisotopic (exact) mass is 230 g/mol. The molecule has 1 saturated carbocycles. The molecule has 1 aliphatic carbocycles. The number of benzene rings is 1. The van der Waals surface area contributed by atoms with Gasteiger partial charge in [0, 0.05) is 29.2 Å². The number of aromatic nitrogens is 1. The van der Waals surface area contributed by atoms with E-state index in [0.29, 0.717) is 0 Å². The first-order valence-electron chi connectivity index (χ1n) is 5.39. The Bertz CT molecular complexity index is 626. The molecule has 0 unspecified atom stereocenters. The lowest BCUT2D eigenvalue weighted by molar-refractivity contribution is -0.384. The molecule has 1 fully saturated rings. The maximum Gasteiger partial charge on any atom is 0.270 e. The van der Waals surface area contributed by atoms with E-state index in [-0.39, 0.29) is 5.69 Å². The number of carbonyl (C=O) groups excluding carboxylic acids is 1. The smallest absolute Gasteiger partial charge is 0.270 e. The number of nitrogens with zero attached hydrogens (tertiary/aromatic N) is 1. The molecule has 5 heteroatoms. The Kier molecular flexibility index (Phi) is 1.86. The van der Waals surface area contributed by atoms with Crippen LogP contribution in [0.4, 0.5) is 5.69 Å². The van der Waals surface area contributed by atoms with Gasteiger partial charge in [-0.15, -0.1) is 0 Å². The molecule has 0 spiro atoms. The summed E-state index contributed by atoms with van der Waals surface area (Å²) >= 11 is 0. The molecular formula is C12H10N2O3. The number of nitro groups is 1. The largest absolute Gasteiger partial charge is 0.361 e. The van der Waals surface area contributed by atoms with Crippen LogP contribution < -0.4 is 0 Å². The number of nitro benzene ring substituents is 1. The Balaban J connectivity index is 2.23. The van der Waals surface area contributed by atoms with Gasteiger partial charge in [-0.3, -0.25) is 10.1 Å². The number of aromatic amines is 1. The SMILES string of the molecule is O=CC1(c2c[nH]c3ccc([N+](=O)[O-])cc23)CC1. The van der Waals surface area contributed by atoms with E-state index in [2.05, 4.69) is 4.98 Å². The first-order valence-corrected chi connectivity index (χ1v) is 5.39. The summed E-state index contributed by atoms with van der Waals surface area (Å²) in [5.74, 6) is 0. The summed E-state index contributed by atoms with van der Waals surface area (Å²) in [5.41, 5.74) is 1.36. The summed E-state index contributed by atoms with van der Waals surface area (Å²) in [4.78, 5) is 24.5. The lowest BCUT2D eigenvalue weighted by Crippen LogP contribution is -2.06. The highest BCUT2D eigenvalue weighted by molar-refractivity contribution is 5.91. The lowest BCUT2D eigenvalue weighted by atomic mass is 9.97. The van der Waals surface area contributed by atoms with E-state index in [1.807, 2.05) is 0 Å². The van der Waals surface area contributed by atoms with Gasteiger partial charge in [-0.2, -0.15) is 0 Å². The van der Waals surface area contributed by atoms with Gasteiger partial charge in [0.15, 0.2) is 0 Å². The highest BCUT2D eigenvalue weighted by atomic mass is 16.6. The zero-order chi connectivity index (χ0) is 12.0. The van der Waals surface area contributed by atoms with Crippen molar-refractivity contribution in [2.45, 2.75) is 18.3 Å². The Hall–Kier alpha value is -2.17. The molecule has 2 aromatic rings. The fourth-order valence-corrected chi connectivity index (χ4v) is 2.22. The minimum atomic E-state index is -0.420. The summed E-state index contributed by atoms with van der Waals surface area (Å²) in [5, 5.41) is 11.5. The second kappa shape index (κ2) is 3.16. The molecule has 0 saturated heterocycles. The molecule has 1 N–H and O–H groups in total. The van der Waals surface area contributed by atoms with Crippen molar-refractivity contribution in [2.24, 2.45) is 0 Å². The molecule has 17 heavy (non-hydrogen) atoms. The zero-order valence-corrected chi connectivity index (χ0v) is 8.97. The highest BCUT2D eigenvalue weighted by Gasteiger charge is 2.45. The molecule has 1 heterocycles. The van der Waals surface area contributed by atoms with Gasteiger partial charge in [0.05, 0.1) is 10.3 Å². The van der Waals surface area contributed by atoms with Crippen LogP contribution in [-0.4, -0.2) is 16.2 Å². The van der Waals surface area contributed by atoms with Gasteiger partial charge in [0.25, 0.3) is 5.69 Å². The predicted octanol–water partition coefficient (Wildman–Crippen LogP) is 2.31. The lowest BCUT2D eigenvalue weighted by Gasteiger charge is -2.04. The number of rotatable bonds is 3. The molecule has 0 aliphatic heterocycles. The normalized spacial score (nSPS) is 16.9. The summed E-state index contributed by atoms with van der Waals surface area (Å²) in [7, 11) is 0. The molecule has 86 valence electrons. The van der Waals surface area contributed by atoms with Gasteiger partial charge in [-0.25, -0.2) is 0 Å². The summed E-state index contributed by atoms with van der Waals surface area (Å²) < 4.78 is 0. The van der Waals surface area contributed by atoms with Crippen LogP contribution in [0.15, 0.2) is 24.4 Å². The molecule has 3 rings (SSSR count). The number of carbonyl (C=O) groups is 1. The van der Waals surface area contributed by atoms with Crippen molar-refractivity contribution in [3.8, 4) is 0 Å². The van der Waals surface area contributed by atoms with E-state index < -0.39 is 10.3 Å². The molecule has 1 aromatic heterocycles. The highest BCUT2D eigenvalue weighted by Crippen LogP contribution is 2.48. The van der Waals surface area contributed by atoms with Crippen LogP contribution in [0.1, 0.15) is 18.4 Å².